The van der Waals surface area contributed by atoms with Crippen molar-refractivity contribution in [2.45, 2.75) is 26.1 Å². The van der Waals surface area contributed by atoms with Crippen LogP contribution in [0.1, 0.15) is 18.1 Å². The van der Waals surface area contributed by atoms with Crippen molar-refractivity contribution >= 4 is 12.1 Å². The molecule has 0 bridgehead atoms. The van der Waals surface area contributed by atoms with Crippen molar-refractivity contribution in [3.05, 3.63) is 71.8 Å². The number of alkyl carbamates (subject to hydrolysis) is 1. The summed E-state index contributed by atoms with van der Waals surface area (Å²) in [4.78, 5) is 23.8. The Balaban J connectivity index is 1.91. The van der Waals surface area contributed by atoms with Gasteiger partial charge in [0.1, 0.15) is 6.17 Å². The molecule has 25 heavy (non-hydrogen) atoms. The molecule has 0 spiro atoms. The molecule has 6 heteroatoms. The van der Waals surface area contributed by atoms with Crippen molar-refractivity contribution in [2.75, 3.05) is 6.61 Å². The van der Waals surface area contributed by atoms with Crippen molar-refractivity contribution in [3.63, 3.8) is 0 Å². The topological polar surface area (TPSA) is 79.5 Å². The third kappa shape index (κ3) is 6.95. The third-order valence-corrected chi connectivity index (χ3v) is 3.45. The number of urea groups is 1. The fourth-order valence-electron chi connectivity index (χ4n) is 2.29. The van der Waals surface area contributed by atoms with E-state index in [-0.39, 0.29) is 12.6 Å². The Labute approximate surface area is 147 Å². The van der Waals surface area contributed by atoms with Crippen molar-refractivity contribution in [1.82, 2.24) is 16.0 Å². The molecule has 2 aromatic rings. The van der Waals surface area contributed by atoms with Gasteiger partial charge in [0, 0.05) is 13.0 Å². The van der Waals surface area contributed by atoms with Gasteiger partial charge in [0.25, 0.3) is 0 Å². The molecule has 2 aromatic carbocycles. The molecule has 132 valence electrons. The first-order valence-electron chi connectivity index (χ1n) is 8.23. The number of carbonyl (C=O) groups is 2. The summed E-state index contributed by atoms with van der Waals surface area (Å²) in [7, 11) is 0. The quantitative estimate of drug-likeness (QED) is 0.678. The zero-order valence-corrected chi connectivity index (χ0v) is 14.2. The van der Waals surface area contributed by atoms with Crippen LogP contribution in [0.15, 0.2) is 60.7 Å². The highest BCUT2D eigenvalue weighted by Gasteiger charge is 2.16. The second-order valence-corrected chi connectivity index (χ2v) is 5.42. The van der Waals surface area contributed by atoms with Crippen LogP contribution in [0.25, 0.3) is 0 Å². The highest BCUT2D eigenvalue weighted by atomic mass is 16.5. The maximum Gasteiger partial charge on any atom is 0.408 e. The van der Waals surface area contributed by atoms with Crippen LogP contribution in [-0.4, -0.2) is 24.9 Å². The van der Waals surface area contributed by atoms with E-state index in [4.69, 9.17) is 4.74 Å². The SMILES string of the molecule is CCOC(=O)N[C@@H](Cc1ccccc1)NC(=O)NCc1ccccc1. The lowest BCUT2D eigenvalue weighted by molar-refractivity contribution is 0.146. The van der Waals surface area contributed by atoms with Crippen molar-refractivity contribution < 1.29 is 14.3 Å². The molecule has 3 amide bonds. The van der Waals surface area contributed by atoms with E-state index in [1.165, 1.54) is 0 Å². The Bertz CT molecular complexity index is 662. The number of ether oxygens (including phenoxy) is 1. The molecule has 0 saturated heterocycles. The van der Waals surface area contributed by atoms with Gasteiger partial charge in [-0.1, -0.05) is 60.7 Å². The summed E-state index contributed by atoms with van der Waals surface area (Å²) in [5.41, 5.74) is 1.99. The van der Waals surface area contributed by atoms with E-state index in [1.807, 2.05) is 60.7 Å². The first kappa shape index (κ1) is 18.3. The molecule has 0 unspecified atom stereocenters. The van der Waals surface area contributed by atoms with Gasteiger partial charge in [0.2, 0.25) is 0 Å². The lowest BCUT2D eigenvalue weighted by atomic mass is 10.1. The predicted molar refractivity (Wildman–Crippen MR) is 95.9 cm³/mol. The Hall–Kier alpha value is -3.02. The molecule has 0 aromatic heterocycles. The van der Waals surface area contributed by atoms with E-state index in [0.717, 1.165) is 11.1 Å². The predicted octanol–water partition coefficient (Wildman–Crippen LogP) is 2.80. The number of hydrogen-bond acceptors (Lipinski definition) is 3. The second kappa shape index (κ2) is 9.97. The molecule has 0 fully saturated rings. The Morgan fingerprint density at radius 1 is 0.920 bits per heavy atom. The van der Waals surface area contributed by atoms with Gasteiger partial charge in [-0.2, -0.15) is 0 Å². The summed E-state index contributed by atoms with van der Waals surface area (Å²) < 4.78 is 4.90. The summed E-state index contributed by atoms with van der Waals surface area (Å²) in [6.45, 7) is 2.40. The number of nitrogens with one attached hydrogen (secondary N) is 3. The van der Waals surface area contributed by atoms with Gasteiger partial charge in [-0.15, -0.1) is 0 Å². The first-order chi connectivity index (χ1) is 12.2. The zero-order chi connectivity index (χ0) is 17.9. The molecule has 0 aliphatic rings. The fourth-order valence-corrected chi connectivity index (χ4v) is 2.29. The highest BCUT2D eigenvalue weighted by molar-refractivity contribution is 5.75. The van der Waals surface area contributed by atoms with Crippen LogP contribution in [0, 0.1) is 0 Å². The third-order valence-electron chi connectivity index (χ3n) is 3.45. The monoisotopic (exact) mass is 341 g/mol. The summed E-state index contributed by atoms with van der Waals surface area (Å²) in [6.07, 6.45) is -0.678. The lowest BCUT2D eigenvalue weighted by Gasteiger charge is -2.20. The molecule has 1 atom stereocenters. The Kier molecular flexibility index (Phi) is 7.31. The molecule has 0 aliphatic heterocycles. The van der Waals surface area contributed by atoms with Crippen LogP contribution < -0.4 is 16.0 Å². The summed E-state index contributed by atoms with van der Waals surface area (Å²) in [5, 5.41) is 8.20. The van der Waals surface area contributed by atoms with Crippen molar-refractivity contribution in [3.8, 4) is 0 Å². The minimum Gasteiger partial charge on any atom is -0.450 e. The van der Waals surface area contributed by atoms with E-state index in [2.05, 4.69) is 16.0 Å². The van der Waals surface area contributed by atoms with E-state index < -0.39 is 12.3 Å². The number of hydrogen-bond donors (Lipinski definition) is 3. The number of carbonyl (C=O) groups excluding carboxylic acids is 2. The standard InChI is InChI=1S/C19H23N3O3/c1-2-25-19(24)22-17(13-15-9-5-3-6-10-15)21-18(23)20-14-16-11-7-4-8-12-16/h3-12,17H,2,13-14H2,1H3,(H,22,24)(H2,20,21,23)/t17-/m0/s1. The molecule has 0 saturated carbocycles. The van der Waals surface area contributed by atoms with Crippen LogP contribution >= 0.6 is 0 Å². The molecule has 0 radical (unpaired) electrons. The van der Waals surface area contributed by atoms with Gasteiger partial charge in [-0.25, -0.2) is 9.59 Å². The second-order valence-electron chi connectivity index (χ2n) is 5.42. The molecule has 6 nitrogen and oxygen atoms in total. The smallest absolute Gasteiger partial charge is 0.408 e. The molecule has 0 aliphatic carbocycles. The van der Waals surface area contributed by atoms with Gasteiger partial charge >= 0.3 is 12.1 Å². The van der Waals surface area contributed by atoms with Crippen molar-refractivity contribution in [2.24, 2.45) is 0 Å². The first-order valence-corrected chi connectivity index (χ1v) is 8.23. The Morgan fingerprint density at radius 2 is 1.52 bits per heavy atom. The molecular weight excluding hydrogens is 318 g/mol. The number of amides is 3. The molecule has 0 heterocycles. The Morgan fingerprint density at radius 3 is 2.12 bits per heavy atom. The van der Waals surface area contributed by atoms with Gasteiger partial charge in [0.15, 0.2) is 0 Å². The van der Waals surface area contributed by atoms with E-state index in [9.17, 15) is 9.59 Å². The zero-order valence-electron chi connectivity index (χ0n) is 14.2. The van der Waals surface area contributed by atoms with Crippen LogP contribution in [0.3, 0.4) is 0 Å². The minimum absolute atomic E-state index is 0.268. The van der Waals surface area contributed by atoms with Gasteiger partial charge in [-0.05, 0) is 18.1 Å². The van der Waals surface area contributed by atoms with Crippen LogP contribution in [0.5, 0.6) is 0 Å². The van der Waals surface area contributed by atoms with Gasteiger partial charge in [-0.3, -0.25) is 0 Å². The van der Waals surface area contributed by atoms with Gasteiger partial charge < -0.3 is 20.7 Å². The van der Waals surface area contributed by atoms with Crippen molar-refractivity contribution in [1.29, 1.82) is 0 Å². The minimum atomic E-state index is -0.572. The maximum absolute atomic E-state index is 12.1. The van der Waals surface area contributed by atoms with Crippen LogP contribution in [0.4, 0.5) is 9.59 Å². The normalized spacial score (nSPS) is 11.2. The average Bonchev–Trinajstić information content (AvgIpc) is 2.62. The molecular formula is C19H23N3O3. The molecule has 3 N–H and O–H groups in total. The lowest BCUT2D eigenvalue weighted by Crippen LogP contribution is -2.52. The number of benzene rings is 2. The van der Waals surface area contributed by atoms with Crippen LogP contribution in [0.2, 0.25) is 0 Å². The number of rotatable bonds is 7. The summed E-state index contributed by atoms with van der Waals surface area (Å²) in [5.74, 6) is 0. The highest BCUT2D eigenvalue weighted by Crippen LogP contribution is 2.02. The average molecular weight is 341 g/mol. The maximum atomic E-state index is 12.1. The largest absolute Gasteiger partial charge is 0.450 e. The van der Waals surface area contributed by atoms with Gasteiger partial charge in [0.05, 0.1) is 6.61 Å². The van der Waals surface area contributed by atoms with E-state index in [0.29, 0.717) is 13.0 Å². The van der Waals surface area contributed by atoms with Crippen LogP contribution in [-0.2, 0) is 17.7 Å². The summed E-state index contributed by atoms with van der Waals surface area (Å²) in [6, 6.07) is 18.8. The van der Waals surface area contributed by atoms with E-state index >= 15 is 0 Å². The molecule has 2 rings (SSSR count). The van der Waals surface area contributed by atoms with E-state index in [1.54, 1.807) is 6.92 Å². The fraction of sp³-hybridized carbons (Fsp3) is 0.263. The summed E-state index contributed by atoms with van der Waals surface area (Å²) >= 11 is 0.